The summed E-state index contributed by atoms with van der Waals surface area (Å²) in [5.74, 6) is 2.58. The van der Waals surface area contributed by atoms with Crippen LogP contribution in [-0.4, -0.2) is 39.8 Å². The SMILES string of the molecule is Cl.Cl.Cl.Cn1nc(C(=O)NC2C[C@H]3CC[C@@H](C2)C3)c2ccc(N3CCCCCC3)nc21. The number of rotatable bonds is 3. The maximum absolute atomic E-state index is 13.0. The van der Waals surface area contributed by atoms with Crippen LogP contribution in [0.1, 0.15) is 68.3 Å². The van der Waals surface area contributed by atoms with Crippen molar-refractivity contribution in [3.63, 3.8) is 0 Å². The molecule has 174 valence electrons. The maximum atomic E-state index is 13.0. The van der Waals surface area contributed by atoms with Gasteiger partial charge in [-0.2, -0.15) is 5.10 Å². The largest absolute Gasteiger partial charge is 0.357 e. The lowest BCUT2D eigenvalue weighted by Crippen LogP contribution is -2.39. The summed E-state index contributed by atoms with van der Waals surface area (Å²) in [6, 6.07) is 4.40. The number of halogens is 3. The first-order valence-corrected chi connectivity index (χ1v) is 11.1. The zero-order valence-electron chi connectivity index (χ0n) is 18.1. The van der Waals surface area contributed by atoms with E-state index in [1.807, 2.05) is 13.1 Å². The lowest BCUT2D eigenvalue weighted by atomic mass is 9.85. The van der Waals surface area contributed by atoms with Gasteiger partial charge < -0.3 is 10.2 Å². The quantitative estimate of drug-likeness (QED) is 0.663. The van der Waals surface area contributed by atoms with Gasteiger partial charge in [0.2, 0.25) is 0 Å². The van der Waals surface area contributed by atoms with Gasteiger partial charge in [0.25, 0.3) is 5.91 Å². The van der Waals surface area contributed by atoms with E-state index in [-0.39, 0.29) is 43.1 Å². The van der Waals surface area contributed by atoms with Gasteiger partial charge in [-0.25, -0.2) is 9.67 Å². The highest BCUT2D eigenvalue weighted by Gasteiger charge is 2.35. The Bertz CT molecular complexity index is 869. The molecule has 3 aliphatic rings. The van der Waals surface area contributed by atoms with Gasteiger partial charge in [0.05, 0.1) is 5.39 Å². The van der Waals surface area contributed by atoms with Crippen LogP contribution >= 0.6 is 37.2 Å². The van der Waals surface area contributed by atoms with Gasteiger partial charge >= 0.3 is 0 Å². The lowest BCUT2D eigenvalue weighted by Gasteiger charge is -2.28. The first-order valence-electron chi connectivity index (χ1n) is 11.1. The van der Waals surface area contributed by atoms with Crippen LogP contribution in [0, 0.1) is 11.8 Å². The van der Waals surface area contributed by atoms with Crippen LogP contribution < -0.4 is 10.2 Å². The summed E-state index contributed by atoms with van der Waals surface area (Å²) in [4.78, 5) is 20.2. The van der Waals surface area contributed by atoms with Crippen LogP contribution in [0.15, 0.2) is 12.1 Å². The number of carbonyl (C=O) groups excluding carboxylic acids is 1. The minimum Gasteiger partial charge on any atom is -0.357 e. The Morgan fingerprint density at radius 3 is 2.26 bits per heavy atom. The second-order valence-corrected chi connectivity index (χ2v) is 9.10. The fourth-order valence-corrected chi connectivity index (χ4v) is 5.64. The molecule has 1 saturated heterocycles. The highest BCUT2D eigenvalue weighted by Crippen LogP contribution is 2.42. The standard InChI is InChI=1S/C22H31N5O.3ClH/c1-26-21-18(8-9-19(24-21)27-10-4-2-3-5-11-27)20(25-26)22(28)23-17-13-15-6-7-16(12-15)14-17;;;/h8-9,15-17H,2-7,10-14H2,1H3,(H,23,28);3*1H/t15-,16+,17?;;;. The van der Waals surface area contributed by atoms with E-state index in [4.69, 9.17) is 4.98 Å². The minimum atomic E-state index is -0.0405. The summed E-state index contributed by atoms with van der Waals surface area (Å²) < 4.78 is 1.76. The molecule has 2 aromatic heterocycles. The molecule has 6 nitrogen and oxygen atoms in total. The number of hydrogen-bond acceptors (Lipinski definition) is 4. The molecule has 3 heterocycles. The third-order valence-corrected chi connectivity index (χ3v) is 7.04. The van der Waals surface area contributed by atoms with Crippen LogP contribution in [0.2, 0.25) is 0 Å². The van der Waals surface area contributed by atoms with Crippen LogP contribution in [0.4, 0.5) is 5.82 Å². The first kappa shape index (κ1) is 26.0. The van der Waals surface area contributed by atoms with Crippen molar-refractivity contribution in [3.8, 4) is 0 Å². The number of nitrogens with one attached hydrogen (secondary N) is 1. The van der Waals surface area contributed by atoms with E-state index >= 15 is 0 Å². The van der Waals surface area contributed by atoms with Gasteiger partial charge in [-0.05, 0) is 56.1 Å². The Labute approximate surface area is 203 Å². The highest BCUT2D eigenvalue weighted by molar-refractivity contribution is 6.04. The number of pyridine rings is 1. The Kier molecular flexibility index (Phi) is 9.28. The second kappa shape index (κ2) is 11.1. The van der Waals surface area contributed by atoms with E-state index in [1.165, 1.54) is 44.9 Å². The van der Waals surface area contributed by atoms with Crippen LogP contribution in [0.5, 0.6) is 0 Å². The number of carbonyl (C=O) groups is 1. The molecule has 1 N–H and O–H groups in total. The number of aromatic nitrogens is 3. The first-order chi connectivity index (χ1) is 13.7. The van der Waals surface area contributed by atoms with Gasteiger partial charge in [0.1, 0.15) is 5.82 Å². The summed E-state index contributed by atoms with van der Waals surface area (Å²) in [5.41, 5.74) is 1.32. The Morgan fingerprint density at radius 2 is 1.61 bits per heavy atom. The molecule has 9 heteroatoms. The third-order valence-electron chi connectivity index (χ3n) is 7.04. The maximum Gasteiger partial charge on any atom is 0.272 e. The molecular weight excluding hydrogens is 457 g/mol. The van der Waals surface area contributed by atoms with E-state index < -0.39 is 0 Å². The number of anilines is 1. The Morgan fingerprint density at radius 1 is 0.968 bits per heavy atom. The Balaban J connectivity index is 0.00000114. The van der Waals surface area contributed by atoms with Gasteiger partial charge in [-0.3, -0.25) is 4.79 Å². The predicted molar refractivity (Wildman–Crippen MR) is 132 cm³/mol. The normalized spacial score (nSPS) is 25.1. The van der Waals surface area contributed by atoms with Crippen molar-refractivity contribution in [1.82, 2.24) is 20.1 Å². The van der Waals surface area contributed by atoms with Crippen molar-refractivity contribution in [1.29, 1.82) is 0 Å². The summed E-state index contributed by atoms with van der Waals surface area (Å²) >= 11 is 0. The van der Waals surface area contributed by atoms with E-state index in [1.54, 1.807) is 4.68 Å². The zero-order chi connectivity index (χ0) is 19.1. The fourth-order valence-electron chi connectivity index (χ4n) is 5.64. The van der Waals surface area contributed by atoms with Gasteiger partial charge in [-0.15, -0.1) is 37.2 Å². The van der Waals surface area contributed by atoms with Crippen molar-refractivity contribution in [2.45, 2.75) is 63.8 Å². The van der Waals surface area contributed by atoms with Gasteiger partial charge in [-0.1, -0.05) is 25.7 Å². The molecule has 0 radical (unpaired) electrons. The summed E-state index contributed by atoms with van der Waals surface area (Å²) in [5, 5.41) is 8.67. The molecule has 5 rings (SSSR count). The van der Waals surface area contributed by atoms with Crippen molar-refractivity contribution in [2.24, 2.45) is 18.9 Å². The molecule has 2 saturated carbocycles. The van der Waals surface area contributed by atoms with Crippen molar-refractivity contribution in [2.75, 3.05) is 18.0 Å². The molecule has 31 heavy (non-hydrogen) atoms. The fraction of sp³-hybridized carbons (Fsp3) is 0.682. The zero-order valence-corrected chi connectivity index (χ0v) is 20.5. The number of fused-ring (bicyclic) bond motifs is 3. The monoisotopic (exact) mass is 489 g/mol. The molecule has 2 aliphatic carbocycles. The molecule has 1 aliphatic heterocycles. The highest BCUT2D eigenvalue weighted by atomic mass is 35.5. The van der Waals surface area contributed by atoms with Crippen LogP contribution in [0.25, 0.3) is 11.0 Å². The topological polar surface area (TPSA) is 63.1 Å². The van der Waals surface area contributed by atoms with Crippen LogP contribution in [-0.2, 0) is 7.05 Å². The van der Waals surface area contributed by atoms with E-state index in [0.29, 0.717) is 11.7 Å². The molecular formula is C22H34Cl3N5O. The van der Waals surface area contributed by atoms with Crippen molar-refractivity contribution < 1.29 is 4.79 Å². The third kappa shape index (κ3) is 5.40. The molecule has 1 unspecified atom stereocenters. The minimum absolute atomic E-state index is 0. The number of hydrogen-bond donors (Lipinski definition) is 1. The molecule has 2 bridgehead atoms. The molecule has 0 aromatic carbocycles. The number of nitrogens with zero attached hydrogens (tertiary/aromatic N) is 4. The molecule has 1 amide bonds. The van der Waals surface area contributed by atoms with Gasteiger partial charge in [0, 0.05) is 26.2 Å². The number of amides is 1. The number of aryl methyl sites for hydroxylation is 1. The molecule has 3 fully saturated rings. The van der Waals surface area contributed by atoms with E-state index in [9.17, 15) is 4.79 Å². The van der Waals surface area contributed by atoms with E-state index in [2.05, 4.69) is 21.4 Å². The average Bonchev–Trinajstić information content (AvgIpc) is 3.07. The van der Waals surface area contributed by atoms with Crippen molar-refractivity contribution in [3.05, 3.63) is 17.8 Å². The smallest absolute Gasteiger partial charge is 0.272 e. The van der Waals surface area contributed by atoms with E-state index in [0.717, 1.165) is 54.6 Å². The Hall–Kier alpha value is -1.24. The molecule has 3 atom stereocenters. The average molecular weight is 491 g/mol. The summed E-state index contributed by atoms with van der Waals surface area (Å²) in [6.45, 7) is 2.13. The summed E-state index contributed by atoms with van der Waals surface area (Å²) in [7, 11) is 1.89. The summed E-state index contributed by atoms with van der Waals surface area (Å²) in [6.07, 6.45) is 11.4. The predicted octanol–water partition coefficient (Wildman–Crippen LogP) is 4.92. The lowest BCUT2D eigenvalue weighted by molar-refractivity contribution is 0.0914. The molecule has 0 spiro atoms. The van der Waals surface area contributed by atoms with Crippen molar-refractivity contribution >= 4 is 60.0 Å². The molecule has 2 aromatic rings. The van der Waals surface area contributed by atoms with Crippen LogP contribution in [0.3, 0.4) is 0 Å². The second-order valence-electron chi connectivity index (χ2n) is 9.10. The van der Waals surface area contributed by atoms with Gasteiger partial charge in [0.15, 0.2) is 11.3 Å².